The highest BCUT2D eigenvalue weighted by Gasteiger charge is 2.21. The Hall–Kier alpha value is -0.770. The number of halogens is 2. The molecule has 0 unspecified atom stereocenters. The molecule has 2 rings (SSSR count). The first-order chi connectivity index (χ1) is 9.61. The molecule has 0 atom stereocenters. The normalized spacial score (nSPS) is 17.1. The number of rotatable bonds is 3. The van der Waals surface area contributed by atoms with Crippen LogP contribution in [0.4, 0.5) is 0 Å². The molecule has 1 heterocycles. The van der Waals surface area contributed by atoms with E-state index < -0.39 is 0 Å². The first kappa shape index (κ1) is 15.6. The van der Waals surface area contributed by atoms with Crippen LogP contribution in [0.25, 0.3) is 0 Å². The highest BCUT2D eigenvalue weighted by molar-refractivity contribution is 6.30. The van der Waals surface area contributed by atoms with Gasteiger partial charge in [0.1, 0.15) is 0 Å². The summed E-state index contributed by atoms with van der Waals surface area (Å²) in [5.74, 6) is 0.747. The van der Waals surface area contributed by atoms with E-state index in [0.29, 0.717) is 10.9 Å². The molecule has 1 aliphatic rings. The summed E-state index contributed by atoms with van der Waals surface area (Å²) in [4.78, 5) is 16.8. The topological polar surface area (TPSA) is 23.6 Å². The smallest absolute Gasteiger partial charge is 0.254 e. The molecule has 1 aromatic carbocycles. The fourth-order valence-electron chi connectivity index (χ4n) is 2.55. The first-order valence-electron chi connectivity index (χ1n) is 6.95. The molecule has 110 valence electrons. The van der Waals surface area contributed by atoms with Crippen LogP contribution in [0.5, 0.6) is 0 Å². The zero-order valence-electron chi connectivity index (χ0n) is 11.7. The molecular formula is C15H20Cl2N2O. The molecule has 1 saturated heterocycles. The summed E-state index contributed by atoms with van der Waals surface area (Å²) in [6, 6.07) is 5.44. The van der Waals surface area contributed by atoms with Crippen molar-refractivity contribution >= 4 is 29.1 Å². The van der Waals surface area contributed by atoms with E-state index >= 15 is 0 Å². The van der Waals surface area contributed by atoms with Crippen LogP contribution in [0.15, 0.2) is 18.2 Å². The lowest BCUT2D eigenvalue weighted by atomic mass is 10.1. The molecule has 1 amide bonds. The third kappa shape index (κ3) is 3.87. The van der Waals surface area contributed by atoms with Crippen molar-refractivity contribution in [3.05, 3.63) is 34.3 Å². The zero-order valence-corrected chi connectivity index (χ0v) is 13.3. The molecule has 0 aliphatic carbocycles. The maximum absolute atomic E-state index is 12.6. The van der Waals surface area contributed by atoms with Crippen molar-refractivity contribution in [2.24, 2.45) is 0 Å². The first-order valence-corrected chi connectivity index (χ1v) is 7.87. The van der Waals surface area contributed by atoms with Crippen molar-refractivity contribution in [3.63, 3.8) is 0 Å². The van der Waals surface area contributed by atoms with Crippen molar-refractivity contribution in [1.82, 2.24) is 9.80 Å². The number of hydrogen-bond acceptors (Lipinski definition) is 2. The second-order valence-corrected chi connectivity index (χ2v) is 5.95. The number of alkyl halides is 1. The standard InChI is InChI=1S/C15H20Cl2N2O/c1-12-11-13(17)3-4-14(12)15(20)19-7-2-6-18(8-5-16)9-10-19/h3-4,11H,2,5-10H2,1H3. The Bertz CT molecular complexity index is 479. The average molecular weight is 315 g/mol. The second kappa shape index (κ2) is 7.30. The van der Waals surface area contributed by atoms with Gasteiger partial charge in [0.25, 0.3) is 5.91 Å². The largest absolute Gasteiger partial charge is 0.337 e. The number of carbonyl (C=O) groups excluding carboxylic acids is 1. The van der Waals surface area contributed by atoms with E-state index in [1.165, 1.54) is 0 Å². The molecule has 1 aliphatic heterocycles. The Balaban J connectivity index is 2.05. The van der Waals surface area contributed by atoms with Crippen LogP contribution in [0.3, 0.4) is 0 Å². The summed E-state index contributed by atoms with van der Waals surface area (Å²) in [5, 5.41) is 0.670. The Kier molecular flexibility index (Phi) is 5.70. The van der Waals surface area contributed by atoms with E-state index in [1.54, 1.807) is 6.07 Å². The van der Waals surface area contributed by atoms with Crippen LogP contribution < -0.4 is 0 Å². The zero-order chi connectivity index (χ0) is 14.5. The third-order valence-corrected chi connectivity index (χ3v) is 4.10. The number of carbonyl (C=O) groups is 1. The van der Waals surface area contributed by atoms with Gasteiger partial charge in [0, 0.05) is 42.6 Å². The van der Waals surface area contributed by atoms with Gasteiger partial charge in [-0.05, 0) is 43.7 Å². The van der Waals surface area contributed by atoms with Crippen LogP contribution >= 0.6 is 23.2 Å². The van der Waals surface area contributed by atoms with Gasteiger partial charge in [-0.3, -0.25) is 4.79 Å². The number of aryl methyl sites for hydroxylation is 1. The van der Waals surface area contributed by atoms with Gasteiger partial charge < -0.3 is 9.80 Å². The molecule has 5 heteroatoms. The summed E-state index contributed by atoms with van der Waals surface area (Å²) < 4.78 is 0. The van der Waals surface area contributed by atoms with Crippen molar-refractivity contribution in [3.8, 4) is 0 Å². The minimum absolute atomic E-state index is 0.104. The van der Waals surface area contributed by atoms with Gasteiger partial charge in [-0.25, -0.2) is 0 Å². The van der Waals surface area contributed by atoms with Crippen molar-refractivity contribution in [2.45, 2.75) is 13.3 Å². The summed E-state index contributed by atoms with van der Waals surface area (Å²) in [6.07, 6.45) is 0.995. The fraction of sp³-hybridized carbons (Fsp3) is 0.533. The van der Waals surface area contributed by atoms with E-state index in [9.17, 15) is 4.79 Å². The summed E-state index contributed by atoms with van der Waals surface area (Å²) >= 11 is 11.7. The van der Waals surface area contributed by atoms with Crippen LogP contribution in [-0.2, 0) is 0 Å². The van der Waals surface area contributed by atoms with E-state index in [-0.39, 0.29) is 5.91 Å². The van der Waals surface area contributed by atoms with E-state index in [0.717, 1.165) is 50.3 Å². The van der Waals surface area contributed by atoms with Crippen LogP contribution in [0.2, 0.25) is 5.02 Å². The fourth-order valence-corrected chi connectivity index (χ4v) is 3.02. The molecule has 1 fully saturated rings. The van der Waals surface area contributed by atoms with E-state index in [1.807, 2.05) is 24.0 Å². The Morgan fingerprint density at radius 2 is 2.05 bits per heavy atom. The number of benzene rings is 1. The predicted octanol–water partition coefficient (Wildman–Crippen LogP) is 3.04. The van der Waals surface area contributed by atoms with Crippen LogP contribution in [0, 0.1) is 6.92 Å². The van der Waals surface area contributed by atoms with Crippen molar-refractivity contribution in [1.29, 1.82) is 0 Å². The minimum Gasteiger partial charge on any atom is -0.337 e. The van der Waals surface area contributed by atoms with Gasteiger partial charge >= 0.3 is 0 Å². The molecule has 0 bridgehead atoms. The molecule has 0 aromatic heterocycles. The Labute approximate surface area is 130 Å². The summed E-state index contributed by atoms with van der Waals surface area (Å²) in [6.45, 7) is 6.29. The van der Waals surface area contributed by atoms with Gasteiger partial charge in [-0.15, -0.1) is 11.6 Å². The summed E-state index contributed by atoms with van der Waals surface area (Å²) in [7, 11) is 0. The van der Waals surface area contributed by atoms with Gasteiger partial charge in [-0.2, -0.15) is 0 Å². The second-order valence-electron chi connectivity index (χ2n) is 5.14. The predicted molar refractivity (Wildman–Crippen MR) is 83.9 cm³/mol. The Morgan fingerprint density at radius 1 is 1.25 bits per heavy atom. The molecule has 0 saturated carbocycles. The van der Waals surface area contributed by atoms with E-state index in [2.05, 4.69) is 4.90 Å². The number of hydrogen-bond donors (Lipinski definition) is 0. The van der Waals surface area contributed by atoms with Crippen LogP contribution in [-0.4, -0.2) is 54.3 Å². The molecule has 0 N–H and O–H groups in total. The molecule has 1 aromatic rings. The molecule has 20 heavy (non-hydrogen) atoms. The molecule has 0 radical (unpaired) electrons. The van der Waals surface area contributed by atoms with Crippen molar-refractivity contribution in [2.75, 3.05) is 38.6 Å². The minimum atomic E-state index is 0.104. The lowest BCUT2D eigenvalue weighted by molar-refractivity contribution is 0.0761. The maximum atomic E-state index is 12.6. The monoisotopic (exact) mass is 314 g/mol. The average Bonchev–Trinajstić information content (AvgIpc) is 2.64. The molecule has 3 nitrogen and oxygen atoms in total. The number of nitrogens with zero attached hydrogens (tertiary/aromatic N) is 2. The molecule has 0 spiro atoms. The Morgan fingerprint density at radius 3 is 2.75 bits per heavy atom. The molecular weight excluding hydrogens is 295 g/mol. The van der Waals surface area contributed by atoms with Gasteiger partial charge in [0.05, 0.1) is 0 Å². The highest BCUT2D eigenvalue weighted by atomic mass is 35.5. The third-order valence-electron chi connectivity index (χ3n) is 3.70. The lowest BCUT2D eigenvalue weighted by Crippen LogP contribution is -2.36. The van der Waals surface area contributed by atoms with Crippen LogP contribution in [0.1, 0.15) is 22.3 Å². The van der Waals surface area contributed by atoms with Gasteiger partial charge in [0.2, 0.25) is 0 Å². The quantitative estimate of drug-likeness (QED) is 0.801. The summed E-state index contributed by atoms with van der Waals surface area (Å²) in [5.41, 5.74) is 1.68. The number of amides is 1. The van der Waals surface area contributed by atoms with Gasteiger partial charge in [-0.1, -0.05) is 11.6 Å². The maximum Gasteiger partial charge on any atom is 0.254 e. The highest BCUT2D eigenvalue weighted by Crippen LogP contribution is 2.18. The van der Waals surface area contributed by atoms with E-state index in [4.69, 9.17) is 23.2 Å². The van der Waals surface area contributed by atoms with Gasteiger partial charge in [0.15, 0.2) is 0 Å². The SMILES string of the molecule is Cc1cc(Cl)ccc1C(=O)N1CCCN(CCCl)CC1. The van der Waals surface area contributed by atoms with Crippen molar-refractivity contribution < 1.29 is 4.79 Å². The lowest BCUT2D eigenvalue weighted by Gasteiger charge is -2.22.